The first-order valence-electron chi connectivity index (χ1n) is 6.33. The maximum Gasteiger partial charge on any atom is 0.345 e. The maximum atomic E-state index is 11.9. The number of ether oxygens (including phenoxy) is 1. The molecule has 3 rings (SSSR count). The first-order chi connectivity index (χ1) is 10.1. The molecule has 2 aromatic heterocycles. The molecule has 1 fully saturated rings. The maximum absolute atomic E-state index is 11.9. The number of nitrogens with zero attached hydrogens (tertiary/aromatic N) is 4. The van der Waals surface area contributed by atoms with E-state index in [1.54, 1.807) is 12.1 Å². The van der Waals surface area contributed by atoms with Gasteiger partial charge in [0.1, 0.15) is 11.4 Å². The van der Waals surface area contributed by atoms with Crippen LogP contribution in [-0.4, -0.2) is 39.1 Å². The van der Waals surface area contributed by atoms with Crippen LogP contribution in [0, 0.1) is 0 Å². The van der Waals surface area contributed by atoms with Gasteiger partial charge >= 0.3 is 5.97 Å². The molecule has 2 heterocycles. The number of carbonyl (C=O) groups is 1. The highest BCUT2D eigenvalue weighted by molar-refractivity contribution is 6.29. The Balaban J connectivity index is 2.06. The second-order valence-electron chi connectivity index (χ2n) is 4.65. The highest BCUT2D eigenvalue weighted by atomic mass is 35.5. The Bertz CT molecular complexity index is 680. The monoisotopic (exact) mass is 308 g/mol. The molecule has 0 spiro atoms. The highest BCUT2D eigenvalue weighted by Gasteiger charge is 2.29. The van der Waals surface area contributed by atoms with Crippen LogP contribution in [0.2, 0.25) is 5.15 Å². The summed E-state index contributed by atoms with van der Waals surface area (Å²) in [4.78, 5) is 11.9. The van der Waals surface area contributed by atoms with E-state index in [9.17, 15) is 4.79 Å². The SMILES string of the molecule is COC(=O)c1c(NC2CC2)nn(-c2ccc(Cl)nn2)c1N. The summed E-state index contributed by atoms with van der Waals surface area (Å²) in [5.41, 5.74) is 6.20. The molecule has 1 aliphatic carbocycles. The smallest absolute Gasteiger partial charge is 0.345 e. The molecule has 0 amide bonds. The van der Waals surface area contributed by atoms with Gasteiger partial charge in [0.15, 0.2) is 16.8 Å². The lowest BCUT2D eigenvalue weighted by molar-refractivity contribution is 0.0603. The van der Waals surface area contributed by atoms with E-state index in [1.807, 2.05) is 0 Å². The van der Waals surface area contributed by atoms with Gasteiger partial charge in [-0.05, 0) is 25.0 Å². The molecule has 1 aliphatic rings. The molecule has 3 N–H and O–H groups in total. The van der Waals surface area contributed by atoms with Crippen LogP contribution < -0.4 is 11.1 Å². The summed E-state index contributed by atoms with van der Waals surface area (Å²) < 4.78 is 6.09. The molecule has 0 atom stereocenters. The average molecular weight is 309 g/mol. The lowest BCUT2D eigenvalue weighted by Gasteiger charge is -2.03. The summed E-state index contributed by atoms with van der Waals surface area (Å²) in [6, 6.07) is 3.49. The summed E-state index contributed by atoms with van der Waals surface area (Å²) in [6.07, 6.45) is 2.07. The number of rotatable bonds is 4. The quantitative estimate of drug-likeness (QED) is 0.818. The fourth-order valence-corrected chi connectivity index (χ4v) is 1.95. The van der Waals surface area contributed by atoms with Crippen LogP contribution in [0.25, 0.3) is 5.82 Å². The second-order valence-corrected chi connectivity index (χ2v) is 5.03. The third-order valence-electron chi connectivity index (χ3n) is 3.06. The van der Waals surface area contributed by atoms with Gasteiger partial charge in [0.2, 0.25) is 0 Å². The van der Waals surface area contributed by atoms with Crippen molar-refractivity contribution in [2.75, 3.05) is 18.2 Å². The van der Waals surface area contributed by atoms with Crippen molar-refractivity contribution in [2.24, 2.45) is 0 Å². The van der Waals surface area contributed by atoms with Crippen molar-refractivity contribution >= 4 is 29.2 Å². The molecule has 0 radical (unpaired) electrons. The molecule has 2 aromatic rings. The van der Waals surface area contributed by atoms with E-state index in [4.69, 9.17) is 22.1 Å². The molecule has 9 heteroatoms. The first kappa shape index (κ1) is 13.6. The number of nitrogens with one attached hydrogen (secondary N) is 1. The Morgan fingerprint density at radius 3 is 2.81 bits per heavy atom. The van der Waals surface area contributed by atoms with Crippen molar-refractivity contribution in [3.8, 4) is 5.82 Å². The van der Waals surface area contributed by atoms with Crippen molar-refractivity contribution in [1.29, 1.82) is 0 Å². The van der Waals surface area contributed by atoms with E-state index in [1.165, 1.54) is 11.8 Å². The van der Waals surface area contributed by atoms with Gasteiger partial charge in [0.05, 0.1) is 7.11 Å². The number of halogens is 1. The molecule has 0 unspecified atom stereocenters. The zero-order valence-electron chi connectivity index (χ0n) is 11.2. The van der Waals surface area contributed by atoms with Crippen molar-refractivity contribution < 1.29 is 9.53 Å². The Morgan fingerprint density at radius 1 is 1.48 bits per heavy atom. The number of carbonyl (C=O) groups excluding carboxylic acids is 1. The third kappa shape index (κ3) is 2.62. The average Bonchev–Trinajstić information content (AvgIpc) is 3.23. The van der Waals surface area contributed by atoms with E-state index >= 15 is 0 Å². The minimum Gasteiger partial charge on any atom is -0.465 e. The van der Waals surface area contributed by atoms with Gasteiger partial charge < -0.3 is 15.8 Å². The summed E-state index contributed by atoms with van der Waals surface area (Å²) in [6.45, 7) is 0. The Hall–Kier alpha value is -2.35. The zero-order valence-corrected chi connectivity index (χ0v) is 12.0. The minimum atomic E-state index is -0.552. The molecule has 1 saturated carbocycles. The predicted octanol–water partition coefficient (Wildman–Crippen LogP) is 1.26. The first-order valence-corrected chi connectivity index (χ1v) is 6.71. The second kappa shape index (κ2) is 5.21. The number of anilines is 2. The van der Waals surface area contributed by atoms with Crippen LogP contribution in [-0.2, 0) is 4.74 Å². The van der Waals surface area contributed by atoms with E-state index in [0.717, 1.165) is 12.8 Å². The number of hydrogen-bond donors (Lipinski definition) is 2. The highest BCUT2D eigenvalue weighted by Crippen LogP contribution is 2.30. The minimum absolute atomic E-state index is 0.140. The Morgan fingerprint density at radius 2 is 2.24 bits per heavy atom. The normalized spacial score (nSPS) is 14.0. The van der Waals surface area contributed by atoms with E-state index in [0.29, 0.717) is 17.7 Å². The van der Waals surface area contributed by atoms with Crippen molar-refractivity contribution in [1.82, 2.24) is 20.0 Å². The molecule has 0 aliphatic heterocycles. The molecule has 0 saturated heterocycles. The van der Waals surface area contributed by atoms with E-state index in [-0.39, 0.29) is 16.5 Å². The van der Waals surface area contributed by atoms with Crippen LogP contribution in [0.3, 0.4) is 0 Å². The van der Waals surface area contributed by atoms with Crippen molar-refractivity contribution in [2.45, 2.75) is 18.9 Å². The summed E-state index contributed by atoms with van der Waals surface area (Å²) in [7, 11) is 1.29. The van der Waals surface area contributed by atoms with Crippen LogP contribution >= 0.6 is 11.6 Å². The lowest BCUT2D eigenvalue weighted by Crippen LogP contribution is -2.10. The predicted molar refractivity (Wildman–Crippen MR) is 76.6 cm³/mol. The number of methoxy groups -OCH3 is 1. The number of nitrogen functional groups attached to an aromatic ring is 1. The fourth-order valence-electron chi connectivity index (χ4n) is 1.85. The van der Waals surface area contributed by atoms with Crippen LogP contribution in [0.4, 0.5) is 11.6 Å². The molecule has 0 bridgehead atoms. The standard InChI is InChI=1S/C12H13ClN6O2/c1-21-12(20)9-10(14)19(8-5-4-7(13)16-17-8)18-11(9)15-6-2-3-6/h4-6H,2-3,14H2,1H3,(H,15,18). The molecular formula is C12H13ClN6O2. The third-order valence-corrected chi connectivity index (χ3v) is 3.27. The van der Waals surface area contributed by atoms with E-state index in [2.05, 4.69) is 20.6 Å². The van der Waals surface area contributed by atoms with Gasteiger partial charge in [-0.15, -0.1) is 15.3 Å². The topological polar surface area (TPSA) is 108 Å². The van der Waals surface area contributed by atoms with E-state index < -0.39 is 5.97 Å². The number of hydrogen-bond acceptors (Lipinski definition) is 7. The number of esters is 1. The van der Waals surface area contributed by atoms with Gasteiger partial charge in [0, 0.05) is 6.04 Å². The molecule has 21 heavy (non-hydrogen) atoms. The summed E-state index contributed by atoms with van der Waals surface area (Å²) >= 11 is 5.70. The molecule has 0 aromatic carbocycles. The summed E-state index contributed by atoms with van der Waals surface area (Å²) in [5.74, 6) is 0.343. The Kier molecular flexibility index (Phi) is 3.38. The summed E-state index contributed by atoms with van der Waals surface area (Å²) in [5, 5.41) is 15.3. The molecule has 110 valence electrons. The molecule has 8 nitrogen and oxygen atoms in total. The fraction of sp³-hybridized carbons (Fsp3) is 0.333. The number of nitrogens with two attached hydrogens (primary N) is 1. The van der Waals surface area contributed by atoms with Crippen LogP contribution in [0.5, 0.6) is 0 Å². The van der Waals surface area contributed by atoms with Gasteiger partial charge in [0.25, 0.3) is 0 Å². The van der Waals surface area contributed by atoms with Crippen LogP contribution in [0.1, 0.15) is 23.2 Å². The van der Waals surface area contributed by atoms with Crippen molar-refractivity contribution in [3.63, 3.8) is 0 Å². The molecular weight excluding hydrogens is 296 g/mol. The van der Waals surface area contributed by atoms with Gasteiger partial charge in [-0.25, -0.2) is 4.79 Å². The lowest BCUT2D eigenvalue weighted by atomic mass is 10.3. The van der Waals surface area contributed by atoms with Gasteiger partial charge in [-0.3, -0.25) is 0 Å². The number of aromatic nitrogens is 4. The van der Waals surface area contributed by atoms with Crippen molar-refractivity contribution in [3.05, 3.63) is 22.8 Å². The van der Waals surface area contributed by atoms with Gasteiger partial charge in [-0.1, -0.05) is 11.6 Å². The largest absolute Gasteiger partial charge is 0.465 e. The van der Waals surface area contributed by atoms with Crippen LogP contribution in [0.15, 0.2) is 12.1 Å². The zero-order chi connectivity index (χ0) is 15.0. The Labute approximate surface area is 125 Å². The van der Waals surface area contributed by atoms with Gasteiger partial charge in [-0.2, -0.15) is 4.68 Å².